The van der Waals surface area contributed by atoms with Crippen LogP contribution in [0.2, 0.25) is 0 Å². The molecule has 2 heterocycles. The van der Waals surface area contributed by atoms with E-state index in [-0.39, 0.29) is 23.5 Å². The van der Waals surface area contributed by atoms with E-state index in [4.69, 9.17) is 5.73 Å². The summed E-state index contributed by atoms with van der Waals surface area (Å²) in [5.41, 5.74) is 7.42. The van der Waals surface area contributed by atoms with Gasteiger partial charge in [0, 0.05) is 11.6 Å². The first-order chi connectivity index (χ1) is 11.4. The molecule has 0 bridgehead atoms. The fourth-order valence-electron chi connectivity index (χ4n) is 2.19. The lowest BCUT2D eigenvalue weighted by Gasteiger charge is -2.07. The third-order valence-electron chi connectivity index (χ3n) is 3.22. The van der Waals surface area contributed by atoms with Crippen molar-refractivity contribution in [1.29, 1.82) is 0 Å². The molecule has 24 heavy (non-hydrogen) atoms. The van der Waals surface area contributed by atoms with Crippen LogP contribution in [0.1, 0.15) is 24.3 Å². The molecular weight excluding hydrogens is 329 g/mol. The van der Waals surface area contributed by atoms with Crippen LogP contribution in [0.15, 0.2) is 30.5 Å². The van der Waals surface area contributed by atoms with Gasteiger partial charge in [0.25, 0.3) is 5.91 Å². The fraction of sp³-hybridized carbons (Fsp3) is 0.188. The highest BCUT2D eigenvalue weighted by Gasteiger charge is 2.21. The monoisotopic (exact) mass is 345 g/mol. The molecule has 4 N–H and O–H groups in total. The quantitative estimate of drug-likeness (QED) is 0.677. The molecule has 1 amide bonds. The number of hydrogen-bond donors (Lipinski definition) is 3. The van der Waals surface area contributed by atoms with Crippen molar-refractivity contribution in [2.24, 2.45) is 0 Å². The number of imidazole rings is 1. The summed E-state index contributed by atoms with van der Waals surface area (Å²) >= 11 is 1.21. The molecule has 0 aliphatic carbocycles. The lowest BCUT2D eigenvalue weighted by atomic mass is 10.2. The van der Waals surface area contributed by atoms with Gasteiger partial charge in [-0.25, -0.2) is 14.4 Å². The van der Waals surface area contributed by atoms with E-state index >= 15 is 0 Å². The maximum atomic E-state index is 13.0. The van der Waals surface area contributed by atoms with Gasteiger partial charge in [-0.15, -0.1) is 0 Å². The number of anilines is 1. The molecule has 3 aromatic rings. The molecule has 3 rings (SSSR count). The first kappa shape index (κ1) is 16.1. The SMILES string of the molecule is CC(C)NC(=O)c1nc(N)sc1-c1cnc(-c2ccc(F)cc2)[nH]1. The highest BCUT2D eigenvalue weighted by molar-refractivity contribution is 7.19. The molecule has 2 aromatic heterocycles. The Bertz CT molecular complexity index is 869. The number of rotatable bonds is 4. The summed E-state index contributed by atoms with van der Waals surface area (Å²) < 4.78 is 13.0. The number of carbonyl (C=O) groups is 1. The maximum absolute atomic E-state index is 13.0. The van der Waals surface area contributed by atoms with Crippen molar-refractivity contribution in [2.45, 2.75) is 19.9 Å². The van der Waals surface area contributed by atoms with Crippen LogP contribution in [0.5, 0.6) is 0 Å². The van der Waals surface area contributed by atoms with Crippen LogP contribution in [0.4, 0.5) is 9.52 Å². The number of carbonyl (C=O) groups excluding carboxylic acids is 1. The van der Waals surface area contributed by atoms with Crippen LogP contribution >= 0.6 is 11.3 Å². The fourth-order valence-corrected chi connectivity index (χ4v) is 2.99. The van der Waals surface area contributed by atoms with Crippen LogP contribution in [-0.2, 0) is 0 Å². The van der Waals surface area contributed by atoms with Crippen molar-refractivity contribution in [2.75, 3.05) is 5.73 Å². The number of nitrogens with one attached hydrogen (secondary N) is 2. The Kier molecular flexibility index (Phi) is 4.30. The lowest BCUT2D eigenvalue weighted by Crippen LogP contribution is -2.30. The number of hydrogen-bond acceptors (Lipinski definition) is 5. The average Bonchev–Trinajstić information content (AvgIpc) is 3.13. The lowest BCUT2D eigenvalue weighted by molar-refractivity contribution is 0.0939. The Balaban J connectivity index is 1.96. The van der Waals surface area contributed by atoms with Gasteiger partial charge < -0.3 is 16.0 Å². The Labute approximate surface area is 142 Å². The van der Waals surface area contributed by atoms with Crippen LogP contribution in [0.25, 0.3) is 22.0 Å². The van der Waals surface area contributed by atoms with E-state index in [0.717, 1.165) is 5.56 Å². The molecule has 0 aliphatic rings. The van der Waals surface area contributed by atoms with Crippen molar-refractivity contribution in [1.82, 2.24) is 20.3 Å². The predicted molar refractivity (Wildman–Crippen MR) is 92.1 cm³/mol. The highest BCUT2D eigenvalue weighted by Crippen LogP contribution is 2.32. The Morgan fingerprint density at radius 3 is 2.71 bits per heavy atom. The first-order valence-electron chi connectivity index (χ1n) is 7.32. The molecule has 0 spiro atoms. The van der Waals surface area contributed by atoms with Crippen LogP contribution < -0.4 is 11.1 Å². The summed E-state index contributed by atoms with van der Waals surface area (Å²) in [6.45, 7) is 3.74. The van der Waals surface area contributed by atoms with Gasteiger partial charge in [-0.3, -0.25) is 4.79 Å². The number of aromatic amines is 1. The Morgan fingerprint density at radius 1 is 1.33 bits per heavy atom. The third-order valence-corrected chi connectivity index (χ3v) is 4.13. The molecule has 6 nitrogen and oxygen atoms in total. The molecule has 0 saturated heterocycles. The van der Waals surface area contributed by atoms with Crippen molar-refractivity contribution in [3.63, 3.8) is 0 Å². The van der Waals surface area contributed by atoms with E-state index in [0.29, 0.717) is 21.5 Å². The van der Waals surface area contributed by atoms with Crippen molar-refractivity contribution < 1.29 is 9.18 Å². The second kappa shape index (κ2) is 6.40. The number of H-pyrrole nitrogens is 1. The van der Waals surface area contributed by atoms with E-state index in [1.807, 2.05) is 13.8 Å². The first-order valence-corrected chi connectivity index (χ1v) is 8.14. The molecule has 0 unspecified atom stereocenters. The molecule has 0 fully saturated rings. The number of nitrogens with two attached hydrogens (primary N) is 1. The van der Waals surface area contributed by atoms with Crippen LogP contribution in [0.3, 0.4) is 0 Å². The zero-order chi connectivity index (χ0) is 17.3. The normalized spacial score (nSPS) is 11.0. The van der Waals surface area contributed by atoms with Crippen molar-refractivity contribution >= 4 is 22.4 Å². The topological polar surface area (TPSA) is 96.7 Å². The van der Waals surface area contributed by atoms with Gasteiger partial charge in [0.15, 0.2) is 10.8 Å². The van der Waals surface area contributed by atoms with Gasteiger partial charge in [-0.05, 0) is 38.1 Å². The van der Waals surface area contributed by atoms with E-state index in [1.165, 1.54) is 23.5 Å². The molecule has 0 aliphatic heterocycles. The maximum Gasteiger partial charge on any atom is 0.271 e. The minimum atomic E-state index is -0.312. The predicted octanol–water partition coefficient (Wildman–Crippen LogP) is 3.06. The smallest absolute Gasteiger partial charge is 0.271 e. The van der Waals surface area contributed by atoms with Crippen molar-refractivity contribution in [3.8, 4) is 22.0 Å². The number of nitrogens with zero attached hydrogens (tertiary/aromatic N) is 2. The molecule has 8 heteroatoms. The second-order valence-electron chi connectivity index (χ2n) is 5.51. The summed E-state index contributed by atoms with van der Waals surface area (Å²) in [6, 6.07) is 5.98. The largest absolute Gasteiger partial charge is 0.375 e. The third kappa shape index (κ3) is 3.28. The molecule has 124 valence electrons. The Hall–Kier alpha value is -2.74. The van der Waals surface area contributed by atoms with E-state index in [1.54, 1.807) is 18.3 Å². The standard InChI is InChI=1S/C16H16FN5OS/c1-8(2)20-15(23)12-13(24-16(18)22-12)11-7-19-14(21-11)9-3-5-10(17)6-4-9/h3-8H,1-2H3,(H2,18,22)(H,19,21)(H,20,23). The zero-order valence-corrected chi connectivity index (χ0v) is 13.9. The average molecular weight is 345 g/mol. The van der Waals surface area contributed by atoms with E-state index in [2.05, 4.69) is 20.3 Å². The number of halogens is 1. The second-order valence-corrected chi connectivity index (χ2v) is 6.54. The molecule has 0 radical (unpaired) electrons. The number of aromatic nitrogens is 3. The molecule has 0 saturated carbocycles. The van der Waals surface area contributed by atoms with Crippen LogP contribution in [-0.4, -0.2) is 26.9 Å². The summed E-state index contributed by atoms with van der Waals surface area (Å²) in [5, 5.41) is 3.10. The highest BCUT2D eigenvalue weighted by atomic mass is 32.1. The van der Waals surface area contributed by atoms with Crippen LogP contribution in [0, 0.1) is 5.82 Å². The van der Waals surface area contributed by atoms with Gasteiger partial charge >= 0.3 is 0 Å². The van der Waals surface area contributed by atoms with Gasteiger partial charge in [0.05, 0.1) is 16.8 Å². The number of thiazole rings is 1. The van der Waals surface area contributed by atoms with Gasteiger partial charge in [-0.1, -0.05) is 11.3 Å². The number of nitrogen functional groups attached to an aromatic ring is 1. The molecule has 0 atom stereocenters. The zero-order valence-electron chi connectivity index (χ0n) is 13.1. The van der Waals surface area contributed by atoms with Gasteiger partial charge in [-0.2, -0.15) is 0 Å². The van der Waals surface area contributed by atoms with Gasteiger partial charge in [0.2, 0.25) is 0 Å². The summed E-state index contributed by atoms with van der Waals surface area (Å²) in [6.07, 6.45) is 1.61. The minimum Gasteiger partial charge on any atom is -0.375 e. The Morgan fingerprint density at radius 2 is 2.04 bits per heavy atom. The van der Waals surface area contributed by atoms with E-state index < -0.39 is 0 Å². The number of amides is 1. The summed E-state index contributed by atoms with van der Waals surface area (Å²) in [7, 11) is 0. The molecule has 1 aromatic carbocycles. The minimum absolute atomic E-state index is 0.00943. The van der Waals surface area contributed by atoms with Crippen molar-refractivity contribution in [3.05, 3.63) is 42.0 Å². The van der Waals surface area contributed by atoms with Gasteiger partial charge in [0.1, 0.15) is 11.6 Å². The number of benzene rings is 1. The molecular formula is C16H16FN5OS. The van der Waals surface area contributed by atoms with E-state index in [9.17, 15) is 9.18 Å². The summed E-state index contributed by atoms with van der Waals surface area (Å²) in [4.78, 5) is 24.4. The summed E-state index contributed by atoms with van der Waals surface area (Å²) in [5.74, 6) is -0.0218.